The van der Waals surface area contributed by atoms with E-state index in [9.17, 15) is 13.2 Å². The fourth-order valence-electron chi connectivity index (χ4n) is 0. The molecular weight excluding hydrogens is 179 g/mol. The van der Waals surface area contributed by atoms with Crippen molar-refractivity contribution in [3.8, 4) is 0 Å². The fourth-order valence-corrected chi connectivity index (χ4v) is 0. The van der Waals surface area contributed by atoms with Crippen molar-refractivity contribution in [2.24, 2.45) is 0 Å². The van der Waals surface area contributed by atoms with Gasteiger partial charge in [-0.3, -0.25) is 0 Å². The smallest absolute Gasteiger partial charge is 0.542 e. The summed E-state index contributed by atoms with van der Waals surface area (Å²) >= 11 is 0. The quantitative estimate of drug-likeness (QED) is 0.324. The molecule has 0 saturated carbocycles. The molecule has 0 fully saturated rings. The second kappa shape index (κ2) is 7.45. The molecule has 0 aliphatic carbocycles. The first-order valence-electron chi connectivity index (χ1n) is 2.00. The summed E-state index contributed by atoms with van der Waals surface area (Å²) in [6.45, 7) is 0. The Morgan fingerprint density at radius 2 is 1.33 bits per heavy atom. The van der Waals surface area contributed by atoms with Gasteiger partial charge in [-0.25, -0.2) is 0 Å². The predicted octanol–water partition coefficient (Wildman–Crippen LogP) is -5.75. The first-order chi connectivity index (χ1) is 4.68. The summed E-state index contributed by atoms with van der Waals surface area (Å²) in [4.78, 5) is 8.78. The number of alkyl halides is 3. The number of carboxylic acids is 1. The minimum Gasteiger partial charge on any atom is -0.542 e. The van der Waals surface area contributed by atoms with Crippen molar-refractivity contribution in [1.82, 2.24) is 0 Å². The van der Waals surface area contributed by atoms with E-state index < -0.39 is 19.5 Å². The summed E-state index contributed by atoms with van der Waals surface area (Å²) in [7, 11) is -2.17. The van der Waals surface area contributed by atoms with Gasteiger partial charge in [0.05, 0.1) is 0 Å². The van der Waals surface area contributed by atoms with Gasteiger partial charge < -0.3 is 25.0 Å². The maximum atomic E-state index is 10.5. The first-order valence-corrected chi connectivity index (χ1v) is 2.00. The topological polar surface area (TPSA) is 101 Å². The molecule has 0 bridgehead atoms. The predicted molar refractivity (Wildman–Crippen MR) is 23.5 cm³/mol. The first kappa shape index (κ1) is 17.8. The molecule has 0 rings (SSSR count). The van der Waals surface area contributed by atoms with E-state index in [1.54, 1.807) is 0 Å². The maximum absolute atomic E-state index is 10.5. The Bertz CT molecular complexity index is 124. The number of hydrogen-bond donors (Lipinski definition) is 3. The molecule has 0 radical (unpaired) electrons. The summed E-state index contributed by atoms with van der Waals surface area (Å²) in [5, 5.41) is 30.3. The molecule has 3 N–H and O–H groups in total. The Morgan fingerprint density at radius 1 is 1.25 bits per heavy atom. The summed E-state index contributed by atoms with van der Waals surface area (Å²) in [6, 6.07) is 0. The molecule has 0 aliphatic heterocycles. The van der Waals surface area contributed by atoms with Crippen LogP contribution in [-0.2, 0) is 4.79 Å². The van der Waals surface area contributed by atoms with Gasteiger partial charge in [-0.05, 0) is 0 Å². The minimum absolute atomic E-state index is 0. The van der Waals surface area contributed by atoms with Crippen molar-refractivity contribution < 1.29 is 57.0 Å². The Hall–Kier alpha value is -0.198. The van der Waals surface area contributed by atoms with E-state index in [1.165, 1.54) is 0 Å². The number of carboxylic acid groups (broad SMARTS) is 1. The average molecular weight is 182 g/mol. The van der Waals surface area contributed by atoms with Gasteiger partial charge in [-0.2, -0.15) is 13.2 Å². The van der Waals surface area contributed by atoms with E-state index in [-0.39, 0.29) is 18.9 Å². The van der Waals surface area contributed by atoms with Crippen LogP contribution in [0.1, 0.15) is 0 Å². The van der Waals surface area contributed by atoms with Crippen molar-refractivity contribution in [3.05, 3.63) is 0 Å². The van der Waals surface area contributed by atoms with Crippen molar-refractivity contribution in [2.45, 2.75) is 6.18 Å². The van der Waals surface area contributed by atoms with Gasteiger partial charge in [-0.15, -0.1) is 0 Å². The molecular formula is C2H3BF3LiO5. The van der Waals surface area contributed by atoms with Gasteiger partial charge in [0.25, 0.3) is 0 Å². The standard InChI is InChI=1S/C2HF3O2.BH3O3.Li/c3-2(4,5)1(6)7;2-1(3)4;/h(H,6,7);2-4H;/q;;+1/p-1. The zero-order chi connectivity index (χ0) is 9.65. The average Bonchev–Trinajstić information content (AvgIpc) is 1.59. The molecule has 0 unspecified atom stereocenters. The second-order valence-electron chi connectivity index (χ2n) is 1.13. The molecule has 10 heteroatoms. The molecule has 0 aliphatic rings. The van der Waals surface area contributed by atoms with Gasteiger partial charge in [-0.1, -0.05) is 0 Å². The largest absolute Gasteiger partial charge is 1.00 e. The van der Waals surface area contributed by atoms with Crippen molar-refractivity contribution in [2.75, 3.05) is 0 Å². The Kier molecular flexibility index (Phi) is 11.0. The normalized spacial score (nSPS) is 8.83. The summed E-state index contributed by atoms with van der Waals surface area (Å²) in [5.74, 6) is -3.01. The van der Waals surface area contributed by atoms with Gasteiger partial charge >= 0.3 is 32.4 Å². The fraction of sp³-hybridized carbons (Fsp3) is 0.500. The van der Waals surface area contributed by atoms with Crippen LogP contribution in [0.25, 0.3) is 0 Å². The number of rotatable bonds is 0. The molecule has 0 aromatic carbocycles. The van der Waals surface area contributed by atoms with E-state index in [0.717, 1.165) is 0 Å². The van der Waals surface area contributed by atoms with Crippen LogP contribution in [-0.4, -0.2) is 34.5 Å². The molecule has 66 valence electrons. The summed E-state index contributed by atoms with van der Waals surface area (Å²) < 4.78 is 31.5. The van der Waals surface area contributed by atoms with Crippen molar-refractivity contribution >= 4 is 13.3 Å². The van der Waals surface area contributed by atoms with Crippen LogP contribution in [0.5, 0.6) is 0 Å². The van der Waals surface area contributed by atoms with Gasteiger partial charge in [0, 0.05) is 0 Å². The third-order valence-corrected chi connectivity index (χ3v) is 0.231. The maximum Gasteiger partial charge on any atom is 1.00 e. The van der Waals surface area contributed by atoms with E-state index in [0.29, 0.717) is 0 Å². The number of halogens is 3. The van der Waals surface area contributed by atoms with Crippen LogP contribution in [0.4, 0.5) is 13.2 Å². The number of hydrogen-bond acceptors (Lipinski definition) is 5. The van der Waals surface area contributed by atoms with Gasteiger partial charge in [0.1, 0.15) is 5.97 Å². The van der Waals surface area contributed by atoms with E-state index in [1.807, 2.05) is 0 Å². The Morgan fingerprint density at radius 3 is 1.33 bits per heavy atom. The van der Waals surface area contributed by atoms with Crippen molar-refractivity contribution in [3.63, 3.8) is 0 Å². The van der Waals surface area contributed by atoms with E-state index >= 15 is 0 Å². The number of aliphatic carboxylic acids is 1. The second-order valence-corrected chi connectivity index (χ2v) is 1.13. The molecule has 0 spiro atoms. The molecule has 0 aromatic heterocycles. The van der Waals surface area contributed by atoms with Crippen LogP contribution in [0.15, 0.2) is 0 Å². The van der Waals surface area contributed by atoms with Gasteiger partial charge in [0.15, 0.2) is 0 Å². The third kappa shape index (κ3) is 22.6. The number of carbonyl (C=O) groups excluding carboxylic acids is 1. The molecule has 0 heterocycles. The molecule has 0 atom stereocenters. The Balaban J connectivity index is -0.000000142. The van der Waals surface area contributed by atoms with Crippen LogP contribution < -0.4 is 24.0 Å². The molecule has 0 aromatic rings. The number of carbonyl (C=O) groups is 1. The molecule has 0 amide bonds. The van der Waals surface area contributed by atoms with Crippen molar-refractivity contribution in [1.29, 1.82) is 0 Å². The molecule has 5 nitrogen and oxygen atoms in total. The van der Waals surface area contributed by atoms with E-state index in [4.69, 9.17) is 25.0 Å². The SMILES string of the molecule is O=C([O-])C(F)(F)F.OB(O)O.[Li+]. The summed E-state index contributed by atoms with van der Waals surface area (Å²) in [6.07, 6.45) is -5.19. The van der Waals surface area contributed by atoms with Crippen LogP contribution in [0, 0.1) is 0 Å². The monoisotopic (exact) mass is 182 g/mol. The Labute approximate surface area is 77.2 Å². The molecule has 12 heavy (non-hydrogen) atoms. The molecule has 0 saturated heterocycles. The zero-order valence-electron chi connectivity index (χ0n) is 5.87. The van der Waals surface area contributed by atoms with E-state index in [2.05, 4.69) is 0 Å². The van der Waals surface area contributed by atoms with Crippen LogP contribution >= 0.6 is 0 Å². The van der Waals surface area contributed by atoms with Crippen LogP contribution in [0.2, 0.25) is 0 Å². The summed E-state index contributed by atoms with van der Waals surface area (Å²) in [5.41, 5.74) is 0. The van der Waals surface area contributed by atoms with Gasteiger partial charge in [0.2, 0.25) is 0 Å². The zero-order valence-corrected chi connectivity index (χ0v) is 5.87. The minimum atomic E-state index is -5.19. The third-order valence-electron chi connectivity index (χ3n) is 0.231. The van der Waals surface area contributed by atoms with Crippen LogP contribution in [0.3, 0.4) is 0 Å².